The smallest absolute Gasteiger partial charge is 0.146 e. The van der Waals surface area contributed by atoms with Crippen molar-refractivity contribution in [3.63, 3.8) is 0 Å². The summed E-state index contributed by atoms with van der Waals surface area (Å²) < 4.78 is 14.2. The maximum absolute atomic E-state index is 14.2. The van der Waals surface area contributed by atoms with Gasteiger partial charge in [0.2, 0.25) is 0 Å². The Labute approximate surface area is 128 Å². The summed E-state index contributed by atoms with van der Waals surface area (Å²) in [5.41, 5.74) is 1.62. The van der Waals surface area contributed by atoms with Crippen molar-refractivity contribution in [2.45, 2.75) is 39.7 Å². The van der Waals surface area contributed by atoms with Gasteiger partial charge in [-0.05, 0) is 49.4 Å². The Balaban J connectivity index is 2.48. The first kappa shape index (κ1) is 17.9. The van der Waals surface area contributed by atoms with Crippen LogP contribution >= 0.6 is 0 Å². The maximum Gasteiger partial charge on any atom is 0.146 e. The zero-order valence-electron chi connectivity index (χ0n) is 13.5. The van der Waals surface area contributed by atoms with Crippen LogP contribution in [-0.2, 0) is 6.54 Å². The second-order valence-corrected chi connectivity index (χ2v) is 6.02. The molecule has 0 heterocycles. The van der Waals surface area contributed by atoms with Crippen molar-refractivity contribution in [3.05, 3.63) is 29.6 Å². The van der Waals surface area contributed by atoms with Gasteiger partial charge in [-0.3, -0.25) is 0 Å². The summed E-state index contributed by atoms with van der Waals surface area (Å²) in [7, 11) is 1.91. The molecule has 0 aliphatic heterocycles. The monoisotopic (exact) mass is 296 g/mol. The molecular weight excluding hydrogens is 267 g/mol. The van der Waals surface area contributed by atoms with E-state index in [9.17, 15) is 4.39 Å². The first-order valence-corrected chi connectivity index (χ1v) is 7.85. The van der Waals surface area contributed by atoms with Gasteiger partial charge in [0.05, 0.1) is 5.69 Å². The maximum atomic E-state index is 14.2. The van der Waals surface area contributed by atoms with Gasteiger partial charge in [0, 0.05) is 26.7 Å². The van der Waals surface area contributed by atoms with Gasteiger partial charge in [-0.25, -0.2) is 4.39 Å². The number of aliphatic hydroxyl groups is 1. The van der Waals surface area contributed by atoms with E-state index in [1.165, 1.54) is 0 Å². The molecule has 0 saturated carbocycles. The fourth-order valence-corrected chi connectivity index (χ4v) is 2.23. The number of anilines is 1. The third-order valence-electron chi connectivity index (χ3n) is 3.46. The minimum atomic E-state index is -0.163. The molecule has 120 valence electrons. The van der Waals surface area contributed by atoms with Gasteiger partial charge in [0.1, 0.15) is 5.82 Å². The zero-order chi connectivity index (χ0) is 15.7. The minimum absolute atomic E-state index is 0.163. The lowest BCUT2D eigenvalue weighted by Crippen LogP contribution is -2.21. The van der Waals surface area contributed by atoms with E-state index in [2.05, 4.69) is 19.2 Å². The second kappa shape index (κ2) is 9.74. The number of halogens is 1. The molecule has 1 rings (SSSR count). The summed E-state index contributed by atoms with van der Waals surface area (Å²) in [4.78, 5) is 1.94. The average Bonchev–Trinajstić information content (AvgIpc) is 2.43. The molecule has 3 nitrogen and oxygen atoms in total. The Bertz CT molecular complexity index is 410. The lowest BCUT2D eigenvalue weighted by molar-refractivity contribution is 0.283. The zero-order valence-corrected chi connectivity index (χ0v) is 13.5. The average molecular weight is 296 g/mol. The standard InChI is InChI=1S/C17H29FN2O/c1-14(2)12-19-13-15-7-8-17(16(18)11-15)20(3)9-5-4-6-10-21/h7-8,11,14,19,21H,4-6,9-10,12-13H2,1-3H3. The van der Waals surface area contributed by atoms with Gasteiger partial charge < -0.3 is 15.3 Å². The normalized spacial score (nSPS) is 11.1. The molecule has 0 saturated heterocycles. The van der Waals surface area contributed by atoms with Gasteiger partial charge in [0.15, 0.2) is 0 Å². The third kappa shape index (κ3) is 6.91. The first-order valence-electron chi connectivity index (χ1n) is 7.85. The van der Waals surface area contributed by atoms with E-state index >= 15 is 0 Å². The molecule has 0 bridgehead atoms. The van der Waals surface area contributed by atoms with Crippen molar-refractivity contribution in [2.75, 3.05) is 31.6 Å². The van der Waals surface area contributed by atoms with Crippen LogP contribution in [-0.4, -0.2) is 31.9 Å². The van der Waals surface area contributed by atoms with Crippen LogP contribution < -0.4 is 10.2 Å². The van der Waals surface area contributed by atoms with Gasteiger partial charge in [-0.2, -0.15) is 0 Å². The molecule has 21 heavy (non-hydrogen) atoms. The quantitative estimate of drug-likeness (QED) is 0.651. The minimum Gasteiger partial charge on any atom is -0.396 e. The molecule has 2 N–H and O–H groups in total. The Hall–Kier alpha value is -1.13. The Kier molecular flexibility index (Phi) is 8.31. The summed E-state index contributed by atoms with van der Waals surface area (Å²) in [6.07, 6.45) is 2.75. The van der Waals surface area contributed by atoms with Crippen LogP contribution in [0, 0.1) is 11.7 Å². The van der Waals surface area contributed by atoms with E-state index < -0.39 is 0 Å². The van der Waals surface area contributed by atoms with Crippen molar-refractivity contribution in [1.29, 1.82) is 0 Å². The molecule has 1 aromatic carbocycles. The van der Waals surface area contributed by atoms with Crippen molar-refractivity contribution < 1.29 is 9.50 Å². The molecule has 0 aliphatic carbocycles. The predicted molar refractivity (Wildman–Crippen MR) is 87.2 cm³/mol. The fraction of sp³-hybridized carbons (Fsp3) is 0.647. The summed E-state index contributed by atoms with van der Waals surface area (Å²) in [6, 6.07) is 5.45. The van der Waals surface area contributed by atoms with E-state index in [0.717, 1.165) is 37.9 Å². The van der Waals surface area contributed by atoms with Crippen LogP contribution in [0.4, 0.5) is 10.1 Å². The lowest BCUT2D eigenvalue weighted by atomic mass is 10.1. The number of rotatable bonds is 10. The van der Waals surface area contributed by atoms with Crippen LogP contribution in [0.25, 0.3) is 0 Å². The number of nitrogens with zero attached hydrogens (tertiary/aromatic N) is 1. The summed E-state index contributed by atoms with van der Waals surface area (Å²) in [5, 5.41) is 12.1. The number of aliphatic hydroxyl groups excluding tert-OH is 1. The van der Waals surface area contributed by atoms with E-state index in [1.807, 2.05) is 24.1 Å². The Morgan fingerprint density at radius 2 is 2.00 bits per heavy atom. The fourth-order valence-electron chi connectivity index (χ4n) is 2.23. The van der Waals surface area contributed by atoms with Crippen molar-refractivity contribution >= 4 is 5.69 Å². The largest absolute Gasteiger partial charge is 0.396 e. The number of hydrogen-bond acceptors (Lipinski definition) is 3. The Morgan fingerprint density at radius 3 is 2.62 bits per heavy atom. The molecular formula is C17H29FN2O. The second-order valence-electron chi connectivity index (χ2n) is 6.02. The molecule has 4 heteroatoms. The molecule has 0 radical (unpaired) electrons. The lowest BCUT2D eigenvalue weighted by Gasteiger charge is -2.20. The molecule has 0 amide bonds. The Morgan fingerprint density at radius 1 is 1.24 bits per heavy atom. The number of nitrogens with one attached hydrogen (secondary N) is 1. The van der Waals surface area contributed by atoms with Crippen molar-refractivity contribution in [3.8, 4) is 0 Å². The summed E-state index contributed by atoms with van der Waals surface area (Å²) >= 11 is 0. The van der Waals surface area contributed by atoms with Crippen LogP contribution in [0.2, 0.25) is 0 Å². The van der Waals surface area contributed by atoms with E-state index in [4.69, 9.17) is 5.11 Å². The highest BCUT2D eigenvalue weighted by Crippen LogP contribution is 2.20. The van der Waals surface area contributed by atoms with Crippen LogP contribution in [0.1, 0.15) is 38.7 Å². The van der Waals surface area contributed by atoms with E-state index in [-0.39, 0.29) is 12.4 Å². The van der Waals surface area contributed by atoms with Crippen LogP contribution in [0.15, 0.2) is 18.2 Å². The summed E-state index contributed by atoms with van der Waals surface area (Å²) in [5.74, 6) is 0.433. The van der Waals surface area contributed by atoms with E-state index in [0.29, 0.717) is 18.2 Å². The van der Waals surface area contributed by atoms with E-state index in [1.54, 1.807) is 6.07 Å². The summed E-state index contributed by atoms with van der Waals surface area (Å²) in [6.45, 7) is 6.99. The number of hydrogen-bond donors (Lipinski definition) is 2. The molecule has 0 aliphatic rings. The highest BCUT2D eigenvalue weighted by molar-refractivity contribution is 5.48. The van der Waals surface area contributed by atoms with Gasteiger partial charge in [-0.15, -0.1) is 0 Å². The number of unbranched alkanes of at least 4 members (excludes halogenated alkanes) is 2. The van der Waals surface area contributed by atoms with Crippen molar-refractivity contribution in [2.24, 2.45) is 5.92 Å². The van der Waals surface area contributed by atoms with Gasteiger partial charge in [-0.1, -0.05) is 19.9 Å². The highest BCUT2D eigenvalue weighted by Gasteiger charge is 2.08. The predicted octanol–water partition coefficient (Wildman–Crippen LogP) is 3.17. The highest BCUT2D eigenvalue weighted by atomic mass is 19.1. The van der Waals surface area contributed by atoms with Crippen molar-refractivity contribution in [1.82, 2.24) is 5.32 Å². The van der Waals surface area contributed by atoms with Gasteiger partial charge >= 0.3 is 0 Å². The molecule has 0 fully saturated rings. The third-order valence-corrected chi connectivity index (χ3v) is 3.46. The molecule has 0 aromatic heterocycles. The number of benzene rings is 1. The molecule has 0 unspecified atom stereocenters. The SMILES string of the molecule is CC(C)CNCc1ccc(N(C)CCCCCO)c(F)c1. The first-order chi connectivity index (χ1) is 10.0. The molecule has 1 aromatic rings. The van der Waals surface area contributed by atoms with Crippen LogP contribution in [0.5, 0.6) is 0 Å². The topological polar surface area (TPSA) is 35.5 Å². The van der Waals surface area contributed by atoms with Gasteiger partial charge in [0.25, 0.3) is 0 Å². The molecule has 0 spiro atoms. The van der Waals surface area contributed by atoms with Crippen LogP contribution in [0.3, 0.4) is 0 Å². The molecule has 0 atom stereocenters.